The van der Waals surface area contributed by atoms with E-state index in [9.17, 15) is 9.18 Å². The van der Waals surface area contributed by atoms with Gasteiger partial charge >= 0.3 is 0 Å². The van der Waals surface area contributed by atoms with Crippen LogP contribution in [-0.2, 0) is 11.3 Å². The second kappa shape index (κ2) is 6.00. The van der Waals surface area contributed by atoms with E-state index in [4.69, 9.17) is 10.9 Å². The van der Waals surface area contributed by atoms with Gasteiger partial charge in [0.05, 0.1) is 5.92 Å². The Morgan fingerprint density at radius 3 is 2.56 bits per heavy atom. The molecule has 1 atom stereocenters. The highest BCUT2D eigenvalue weighted by Gasteiger charge is 2.21. The smallest absolute Gasteiger partial charge is 0.233 e. The first-order valence-corrected chi connectivity index (χ1v) is 5.42. The van der Waals surface area contributed by atoms with Crippen LogP contribution in [-0.4, -0.2) is 28.9 Å². The molecule has 1 aromatic carbocycles. The third-order valence-corrected chi connectivity index (χ3v) is 2.64. The van der Waals surface area contributed by atoms with Crippen LogP contribution in [0.4, 0.5) is 4.39 Å². The SMILES string of the molecule is CC(C(=O)N(C)Cc1ccc(F)cc1)C(N)=NO. The molecule has 98 valence electrons. The van der Waals surface area contributed by atoms with Crippen molar-refractivity contribution in [2.45, 2.75) is 13.5 Å². The standard InChI is InChI=1S/C12H16FN3O2/c1-8(11(14)15-18)12(17)16(2)7-9-3-5-10(13)6-4-9/h3-6,8,18H,7H2,1-2H3,(H2,14,15). The molecule has 0 radical (unpaired) electrons. The van der Waals surface area contributed by atoms with Crippen LogP contribution in [0.15, 0.2) is 29.4 Å². The Labute approximate surface area is 105 Å². The van der Waals surface area contributed by atoms with E-state index in [0.29, 0.717) is 6.54 Å². The Kier molecular flexibility index (Phi) is 4.65. The molecule has 5 nitrogen and oxygen atoms in total. The number of hydrogen-bond donors (Lipinski definition) is 2. The van der Waals surface area contributed by atoms with Crippen LogP contribution in [0.5, 0.6) is 0 Å². The van der Waals surface area contributed by atoms with Crippen LogP contribution in [0, 0.1) is 11.7 Å². The Balaban J connectivity index is 2.68. The fraction of sp³-hybridized carbons (Fsp3) is 0.333. The van der Waals surface area contributed by atoms with Crippen molar-refractivity contribution in [2.75, 3.05) is 7.05 Å². The molecule has 18 heavy (non-hydrogen) atoms. The number of amidine groups is 1. The number of rotatable bonds is 4. The van der Waals surface area contributed by atoms with Gasteiger partial charge in [-0.2, -0.15) is 0 Å². The third-order valence-electron chi connectivity index (χ3n) is 2.64. The molecule has 0 heterocycles. The van der Waals surface area contributed by atoms with E-state index in [1.165, 1.54) is 17.0 Å². The van der Waals surface area contributed by atoms with Gasteiger partial charge < -0.3 is 15.8 Å². The Morgan fingerprint density at radius 1 is 1.50 bits per heavy atom. The van der Waals surface area contributed by atoms with Gasteiger partial charge in [-0.1, -0.05) is 17.3 Å². The van der Waals surface area contributed by atoms with Gasteiger partial charge in [-0.3, -0.25) is 4.79 Å². The van der Waals surface area contributed by atoms with E-state index in [-0.39, 0.29) is 17.6 Å². The molecule has 1 rings (SSSR count). The largest absolute Gasteiger partial charge is 0.409 e. The third kappa shape index (κ3) is 3.44. The van der Waals surface area contributed by atoms with Gasteiger partial charge in [-0.15, -0.1) is 0 Å². The Morgan fingerprint density at radius 2 is 2.06 bits per heavy atom. The second-order valence-corrected chi connectivity index (χ2v) is 4.07. The summed E-state index contributed by atoms with van der Waals surface area (Å²) >= 11 is 0. The molecule has 1 aromatic rings. The first kappa shape index (κ1) is 14.0. The molecule has 6 heteroatoms. The maximum atomic E-state index is 12.7. The average Bonchev–Trinajstić information content (AvgIpc) is 2.38. The number of carbonyl (C=O) groups excluding carboxylic acids is 1. The molecule has 1 amide bonds. The minimum Gasteiger partial charge on any atom is -0.409 e. The van der Waals surface area contributed by atoms with Gasteiger partial charge in [0.1, 0.15) is 5.82 Å². The van der Waals surface area contributed by atoms with Crippen molar-refractivity contribution in [3.63, 3.8) is 0 Å². The van der Waals surface area contributed by atoms with Gasteiger partial charge in [0, 0.05) is 13.6 Å². The van der Waals surface area contributed by atoms with Crippen LogP contribution in [0.1, 0.15) is 12.5 Å². The zero-order valence-electron chi connectivity index (χ0n) is 10.3. The molecule has 0 aromatic heterocycles. The van der Waals surface area contributed by atoms with E-state index >= 15 is 0 Å². The lowest BCUT2D eigenvalue weighted by molar-refractivity contribution is -0.132. The zero-order chi connectivity index (χ0) is 13.7. The molecule has 3 N–H and O–H groups in total. The fourth-order valence-electron chi connectivity index (χ4n) is 1.49. The van der Waals surface area contributed by atoms with Crippen molar-refractivity contribution in [3.05, 3.63) is 35.6 Å². The molecule has 0 bridgehead atoms. The summed E-state index contributed by atoms with van der Waals surface area (Å²) in [6.07, 6.45) is 0. The van der Waals surface area contributed by atoms with Gasteiger partial charge in [0.2, 0.25) is 5.91 Å². The van der Waals surface area contributed by atoms with E-state index in [2.05, 4.69) is 5.16 Å². The molecule has 0 spiro atoms. The minimum atomic E-state index is -0.694. The minimum absolute atomic E-state index is 0.133. The van der Waals surface area contributed by atoms with E-state index in [0.717, 1.165) is 5.56 Å². The molecular formula is C12H16FN3O2. The summed E-state index contributed by atoms with van der Waals surface area (Å²) in [6.45, 7) is 1.89. The molecule has 0 saturated heterocycles. The van der Waals surface area contributed by atoms with E-state index in [1.807, 2.05) is 0 Å². The number of oxime groups is 1. The van der Waals surface area contributed by atoms with Crippen molar-refractivity contribution in [2.24, 2.45) is 16.8 Å². The van der Waals surface area contributed by atoms with Crippen LogP contribution in [0.2, 0.25) is 0 Å². The van der Waals surface area contributed by atoms with E-state index < -0.39 is 5.92 Å². The maximum absolute atomic E-state index is 12.7. The molecule has 0 saturated carbocycles. The summed E-state index contributed by atoms with van der Waals surface area (Å²) in [5.74, 6) is -1.42. The summed E-state index contributed by atoms with van der Waals surface area (Å²) in [4.78, 5) is 13.3. The second-order valence-electron chi connectivity index (χ2n) is 4.07. The summed E-state index contributed by atoms with van der Waals surface area (Å²) in [7, 11) is 1.60. The maximum Gasteiger partial charge on any atom is 0.233 e. The highest BCUT2D eigenvalue weighted by atomic mass is 19.1. The highest BCUT2D eigenvalue weighted by Crippen LogP contribution is 2.08. The number of amides is 1. The number of benzene rings is 1. The van der Waals surface area contributed by atoms with Crippen molar-refractivity contribution in [1.82, 2.24) is 4.90 Å². The zero-order valence-corrected chi connectivity index (χ0v) is 10.3. The number of nitrogens with two attached hydrogens (primary N) is 1. The van der Waals surface area contributed by atoms with Gasteiger partial charge in [0.25, 0.3) is 0 Å². The molecular weight excluding hydrogens is 237 g/mol. The Hall–Kier alpha value is -2.11. The van der Waals surface area contributed by atoms with Crippen molar-refractivity contribution in [3.8, 4) is 0 Å². The fourth-order valence-corrected chi connectivity index (χ4v) is 1.49. The molecule has 1 unspecified atom stereocenters. The van der Waals surface area contributed by atoms with Crippen molar-refractivity contribution >= 4 is 11.7 Å². The monoisotopic (exact) mass is 253 g/mol. The number of nitrogens with zero attached hydrogens (tertiary/aromatic N) is 2. The number of halogens is 1. The molecule has 0 aliphatic carbocycles. The van der Waals surface area contributed by atoms with Crippen LogP contribution in [0.25, 0.3) is 0 Å². The molecule has 0 aliphatic rings. The lowest BCUT2D eigenvalue weighted by Crippen LogP contribution is -2.38. The summed E-state index contributed by atoms with van der Waals surface area (Å²) < 4.78 is 12.7. The normalized spacial score (nSPS) is 13.2. The summed E-state index contributed by atoms with van der Waals surface area (Å²) in [6, 6.07) is 5.88. The molecule has 0 fully saturated rings. The first-order chi connectivity index (χ1) is 8.45. The molecule has 0 aliphatic heterocycles. The van der Waals surface area contributed by atoms with Crippen LogP contribution in [0.3, 0.4) is 0 Å². The van der Waals surface area contributed by atoms with Crippen molar-refractivity contribution in [1.29, 1.82) is 0 Å². The van der Waals surface area contributed by atoms with Gasteiger partial charge in [0.15, 0.2) is 5.84 Å². The summed E-state index contributed by atoms with van der Waals surface area (Å²) in [5, 5.41) is 11.3. The lowest BCUT2D eigenvalue weighted by atomic mass is 10.1. The first-order valence-electron chi connectivity index (χ1n) is 5.42. The lowest BCUT2D eigenvalue weighted by Gasteiger charge is -2.20. The predicted octanol–water partition coefficient (Wildman–Crippen LogP) is 1.17. The summed E-state index contributed by atoms with van der Waals surface area (Å²) in [5.41, 5.74) is 6.18. The predicted molar refractivity (Wildman–Crippen MR) is 65.4 cm³/mol. The van der Waals surface area contributed by atoms with Crippen LogP contribution < -0.4 is 5.73 Å². The van der Waals surface area contributed by atoms with Gasteiger partial charge in [-0.25, -0.2) is 4.39 Å². The average molecular weight is 253 g/mol. The van der Waals surface area contributed by atoms with E-state index in [1.54, 1.807) is 26.1 Å². The van der Waals surface area contributed by atoms with Gasteiger partial charge in [-0.05, 0) is 24.6 Å². The number of hydrogen-bond acceptors (Lipinski definition) is 3. The number of carbonyl (C=O) groups is 1. The van der Waals surface area contributed by atoms with Crippen LogP contribution >= 0.6 is 0 Å². The topological polar surface area (TPSA) is 78.9 Å². The Bertz CT molecular complexity index is 445. The highest BCUT2D eigenvalue weighted by molar-refractivity contribution is 6.01. The quantitative estimate of drug-likeness (QED) is 0.366. The van der Waals surface area contributed by atoms with Crippen molar-refractivity contribution < 1.29 is 14.4 Å².